The van der Waals surface area contributed by atoms with Gasteiger partial charge in [0.2, 0.25) is 0 Å². The van der Waals surface area contributed by atoms with Gasteiger partial charge in [-0.2, -0.15) is 9.74 Å². The monoisotopic (exact) mass is 249 g/mol. The molecule has 0 bridgehead atoms. The van der Waals surface area contributed by atoms with Crippen LogP contribution in [-0.2, 0) is 9.61 Å². The van der Waals surface area contributed by atoms with Gasteiger partial charge in [-0.1, -0.05) is 17.3 Å². The Labute approximate surface area is 95.2 Å². The fourth-order valence-corrected chi connectivity index (χ4v) is 0.953. The first-order valence-electron chi connectivity index (χ1n) is 3.92. The van der Waals surface area contributed by atoms with Crippen molar-refractivity contribution in [2.24, 2.45) is 0 Å². The van der Waals surface area contributed by atoms with E-state index in [2.05, 4.69) is 22.4 Å². The quantitative estimate of drug-likeness (QED) is 0.398. The molecule has 16 heavy (non-hydrogen) atoms. The molecule has 10 heteroatoms. The molecular weight excluding hydrogens is 242 g/mol. The van der Waals surface area contributed by atoms with Crippen LogP contribution in [0.1, 0.15) is 0 Å². The van der Waals surface area contributed by atoms with Crippen LogP contribution in [0, 0.1) is 4.91 Å². The summed E-state index contributed by atoms with van der Waals surface area (Å²) in [5.41, 5.74) is -0.00157. The number of hydrogen-bond acceptors (Lipinski definition) is 6. The van der Waals surface area contributed by atoms with Gasteiger partial charge in [0.25, 0.3) is 4.92 Å². The van der Waals surface area contributed by atoms with Crippen molar-refractivity contribution >= 4 is 25.8 Å². The first kappa shape index (κ1) is 12.7. The van der Waals surface area contributed by atoms with Crippen molar-refractivity contribution < 1.29 is 28.9 Å². The van der Waals surface area contributed by atoms with Crippen molar-refractivity contribution in [1.82, 2.24) is 4.89 Å². The van der Waals surface area contributed by atoms with Crippen LogP contribution in [-0.4, -0.2) is 17.5 Å². The molecule has 86 valence electrons. The maximum absolute atomic E-state index is 11.8. The Morgan fingerprint density at radius 3 is 2.50 bits per heavy atom. The fraction of sp³-hybridized carbons (Fsp3) is 0. The Morgan fingerprint density at radius 1 is 1.44 bits per heavy atom. The third kappa shape index (κ3) is 3.66. The fourth-order valence-electron chi connectivity index (χ4n) is 0.867. The average Bonchev–Trinajstić information content (AvgIpc) is 2.29. The van der Waals surface area contributed by atoms with Gasteiger partial charge < -0.3 is 4.65 Å². The Hall–Kier alpha value is -1.36. The molecule has 0 radical (unpaired) electrons. The zero-order valence-electron chi connectivity index (χ0n) is 7.74. The van der Waals surface area contributed by atoms with Gasteiger partial charge in [-0.3, -0.25) is 4.76 Å². The summed E-state index contributed by atoms with van der Waals surface area (Å²) in [7, 11) is -1.64. The van der Waals surface area contributed by atoms with E-state index in [9.17, 15) is 9.43 Å². The standard InChI is InChI=1S/C6H7BFN2O5S/c8-14-7(15-9-16)13-6-3-1-5(2-4-6)10(11)12/h1-4,9,16H,(H,11,12)/q+1. The summed E-state index contributed by atoms with van der Waals surface area (Å²) in [5, 5.41) is 8.53. The second-order valence-corrected chi connectivity index (χ2v) is 2.65. The lowest BCUT2D eigenvalue weighted by atomic mass is 10.2. The normalized spacial score (nSPS) is 9.88. The molecule has 0 aliphatic rings. The number of benzene rings is 1. The molecule has 0 aliphatic carbocycles. The van der Waals surface area contributed by atoms with Gasteiger partial charge in [0.05, 0.1) is 4.91 Å². The SMILES string of the molecule is O=[N+](O)c1ccc(OB(OF)ONS)cc1. The second-order valence-electron chi connectivity index (χ2n) is 2.47. The van der Waals surface area contributed by atoms with Crippen LogP contribution in [0.2, 0.25) is 0 Å². The molecule has 0 spiro atoms. The number of halogens is 1. The van der Waals surface area contributed by atoms with Gasteiger partial charge in [-0.25, -0.2) is 5.21 Å². The van der Waals surface area contributed by atoms with Gasteiger partial charge in [0, 0.05) is 12.1 Å². The number of rotatable bonds is 6. The van der Waals surface area contributed by atoms with Crippen molar-refractivity contribution in [1.29, 1.82) is 0 Å². The molecule has 0 amide bonds. The van der Waals surface area contributed by atoms with Gasteiger partial charge in [0.15, 0.2) is 0 Å². The molecule has 0 saturated heterocycles. The minimum absolute atomic E-state index is 0.00157. The van der Waals surface area contributed by atoms with Crippen molar-refractivity contribution in [2.75, 3.05) is 0 Å². The lowest BCUT2D eigenvalue weighted by molar-refractivity contribution is -0.729. The van der Waals surface area contributed by atoms with E-state index < -0.39 is 7.32 Å². The van der Waals surface area contributed by atoms with E-state index in [1.165, 1.54) is 24.3 Å². The molecule has 0 aliphatic heterocycles. The lowest BCUT2D eigenvalue weighted by Crippen LogP contribution is -2.30. The molecule has 0 unspecified atom stereocenters. The van der Waals surface area contributed by atoms with Crippen molar-refractivity contribution in [3.8, 4) is 5.75 Å². The van der Waals surface area contributed by atoms with Crippen LogP contribution in [0.4, 0.5) is 10.2 Å². The summed E-state index contributed by atoms with van der Waals surface area (Å²) in [6.45, 7) is 0. The summed E-state index contributed by atoms with van der Waals surface area (Å²) in [6, 6.07) is 5.13. The highest BCUT2D eigenvalue weighted by Gasteiger charge is 2.26. The molecule has 7 nitrogen and oxygen atoms in total. The highest BCUT2D eigenvalue weighted by atomic mass is 32.1. The van der Waals surface area contributed by atoms with Gasteiger partial charge in [0.1, 0.15) is 5.75 Å². The number of nitrogens with one attached hydrogen (secondary N) is 1. The smallest absolute Gasteiger partial charge is 0.509 e. The first-order chi connectivity index (χ1) is 7.67. The van der Waals surface area contributed by atoms with Crippen molar-refractivity contribution in [2.45, 2.75) is 0 Å². The topological polar surface area (TPSA) is 80.0 Å². The minimum Gasteiger partial charge on any atom is -0.509 e. The van der Waals surface area contributed by atoms with Crippen LogP contribution < -0.4 is 9.54 Å². The molecule has 1 rings (SSSR count). The lowest BCUT2D eigenvalue weighted by Gasteiger charge is -2.08. The first-order valence-corrected chi connectivity index (χ1v) is 4.37. The molecular formula is C6H7BFN2O5S+. The van der Waals surface area contributed by atoms with Gasteiger partial charge in [-0.15, -0.1) is 0 Å². The molecule has 1 aromatic carbocycles. The Balaban J connectivity index is 2.63. The van der Waals surface area contributed by atoms with E-state index in [-0.39, 0.29) is 16.4 Å². The van der Waals surface area contributed by atoms with Crippen LogP contribution in [0.5, 0.6) is 5.75 Å². The molecule has 0 saturated carbocycles. The van der Waals surface area contributed by atoms with Crippen molar-refractivity contribution in [3.05, 3.63) is 29.2 Å². The number of hydrogen-bond donors (Lipinski definition) is 3. The molecule has 0 aromatic heterocycles. The predicted octanol–water partition coefficient (Wildman–Crippen LogP) is 1.12. The maximum Gasteiger partial charge on any atom is 0.764 e. The van der Waals surface area contributed by atoms with Crippen LogP contribution in [0.15, 0.2) is 24.3 Å². The number of nitrogens with zero attached hydrogens (tertiary/aromatic N) is 1. The molecule has 0 heterocycles. The van der Waals surface area contributed by atoms with E-state index in [1.807, 2.05) is 4.89 Å². The van der Waals surface area contributed by atoms with Gasteiger partial charge in [-0.05, 0) is 12.1 Å². The summed E-state index contributed by atoms with van der Waals surface area (Å²) in [6.07, 6.45) is 0. The van der Waals surface area contributed by atoms with Crippen LogP contribution >= 0.6 is 12.8 Å². The van der Waals surface area contributed by atoms with Crippen LogP contribution in [0.25, 0.3) is 0 Å². The van der Waals surface area contributed by atoms with E-state index in [4.69, 9.17) is 9.86 Å². The van der Waals surface area contributed by atoms with E-state index in [1.54, 1.807) is 0 Å². The molecule has 0 atom stereocenters. The Kier molecular flexibility index (Phi) is 4.99. The van der Waals surface area contributed by atoms with Crippen LogP contribution in [0.3, 0.4) is 0 Å². The zero-order chi connectivity index (χ0) is 12.0. The average molecular weight is 249 g/mol. The predicted molar refractivity (Wildman–Crippen MR) is 53.3 cm³/mol. The Bertz CT molecular complexity index is 353. The van der Waals surface area contributed by atoms with Crippen molar-refractivity contribution in [3.63, 3.8) is 0 Å². The summed E-state index contributed by atoms with van der Waals surface area (Å²) in [5.74, 6) is 0.164. The summed E-state index contributed by atoms with van der Waals surface area (Å²) in [4.78, 5) is 15.3. The summed E-state index contributed by atoms with van der Waals surface area (Å²) >= 11 is 3.44. The van der Waals surface area contributed by atoms with E-state index >= 15 is 0 Å². The third-order valence-electron chi connectivity index (χ3n) is 1.51. The van der Waals surface area contributed by atoms with Gasteiger partial charge >= 0.3 is 13.0 Å². The molecule has 2 N–H and O–H groups in total. The third-order valence-corrected chi connectivity index (χ3v) is 1.62. The molecule has 1 aromatic rings. The number of thiol groups is 1. The highest BCUT2D eigenvalue weighted by Crippen LogP contribution is 2.17. The Morgan fingerprint density at radius 2 is 2.06 bits per heavy atom. The largest absolute Gasteiger partial charge is 0.764 e. The minimum atomic E-state index is -1.64. The van der Waals surface area contributed by atoms with E-state index in [0.29, 0.717) is 0 Å². The second kappa shape index (κ2) is 6.28. The summed E-state index contributed by atoms with van der Waals surface area (Å²) < 4.78 is 21.0. The van der Waals surface area contributed by atoms with E-state index in [0.717, 1.165) is 0 Å². The maximum atomic E-state index is 11.8. The molecule has 0 fully saturated rings. The highest BCUT2D eigenvalue weighted by molar-refractivity contribution is 7.78. The zero-order valence-corrected chi connectivity index (χ0v) is 8.63.